The van der Waals surface area contributed by atoms with E-state index in [2.05, 4.69) is 15.3 Å². The summed E-state index contributed by atoms with van der Waals surface area (Å²) in [7, 11) is 0. The van der Waals surface area contributed by atoms with Crippen LogP contribution in [0.15, 0.2) is 84.4 Å². The summed E-state index contributed by atoms with van der Waals surface area (Å²) in [6.07, 6.45) is 1.64. The van der Waals surface area contributed by atoms with Crippen molar-refractivity contribution < 1.29 is 23.9 Å². The number of esters is 2. The maximum absolute atomic E-state index is 13.1. The highest BCUT2D eigenvalue weighted by Crippen LogP contribution is 2.39. The summed E-state index contributed by atoms with van der Waals surface area (Å²) in [4.78, 5) is 47.8. The van der Waals surface area contributed by atoms with Gasteiger partial charge in [0.05, 0.1) is 29.1 Å². The van der Waals surface area contributed by atoms with Gasteiger partial charge in [-0.2, -0.15) is 0 Å². The second kappa shape index (κ2) is 12.1. The molecule has 40 heavy (non-hydrogen) atoms. The molecule has 0 unspecified atom stereocenters. The molecule has 3 heterocycles. The van der Waals surface area contributed by atoms with Gasteiger partial charge in [0.25, 0.3) is 5.91 Å². The van der Waals surface area contributed by atoms with Crippen molar-refractivity contribution in [3.8, 4) is 22.5 Å². The highest BCUT2D eigenvalue weighted by atomic mass is 35.5. The predicted octanol–water partition coefficient (Wildman–Crippen LogP) is 6.65. The Bertz CT molecular complexity index is 1720. The molecule has 8 nitrogen and oxygen atoms in total. The third-order valence-corrected chi connectivity index (χ3v) is 7.11. The number of rotatable bonds is 8. The molecule has 0 fully saturated rings. The molecule has 0 aliphatic rings. The molecule has 200 valence electrons. The van der Waals surface area contributed by atoms with Crippen LogP contribution in [0.3, 0.4) is 0 Å². The summed E-state index contributed by atoms with van der Waals surface area (Å²) in [5, 5.41) is 5.70. The molecule has 0 spiro atoms. The van der Waals surface area contributed by atoms with E-state index in [0.29, 0.717) is 38.4 Å². The molecule has 5 aromatic rings. The Morgan fingerprint density at radius 3 is 2.45 bits per heavy atom. The second-order valence-corrected chi connectivity index (χ2v) is 9.75. The molecule has 3 aromatic heterocycles. The fourth-order valence-corrected chi connectivity index (χ4v) is 5.30. The van der Waals surface area contributed by atoms with E-state index < -0.39 is 24.5 Å². The molecule has 0 atom stereocenters. The number of hydrogen-bond acceptors (Lipinski definition) is 8. The standard InChI is InChI=1S/C30H22ClN3O5S/c1-2-38-30(37)27-21(18-9-3-5-11-22(18)31)17-40-28(27)34-26(35)16-39-29(36)20-15-25(24-13-7-8-14-32-24)33-23-12-6-4-10-19(20)23/h3-15,17H,2,16H2,1H3,(H,34,35). The van der Waals surface area contributed by atoms with Gasteiger partial charge in [0, 0.05) is 33.1 Å². The van der Waals surface area contributed by atoms with Crippen molar-refractivity contribution in [3.63, 3.8) is 0 Å². The van der Waals surface area contributed by atoms with Gasteiger partial charge < -0.3 is 14.8 Å². The lowest BCUT2D eigenvalue weighted by atomic mass is 10.0. The molecule has 2 aromatic carbocycles. The van der Waals surface area contributed by atoms with Crippen LogP contribution in [-0.2, 0) is 14.3 Å². The van der Waals surface area contributed by atoms with Crippen LogP contribution in [-0.4, -0.2) is 41.0 Å². The Hall–Kier alpha value is -4.60. The predicted molar refractivity (Wildman–Crippen MR) is 155 cm³/mol. The first-order chi connectivity index (χ1) is 19.5. The summed E-state index contributed by atoms with van der Waals surface area (Å²) < 4.78 is 10.6. The average Bonchev–Trinajstić information content (AvgIpc) is 3.39. The van der Waals surface area contributed by atoms with Crippen molar-refractivity contribution in [3.05, 3.63) is 101 Å². The number of carbonyl (C=O) groups excluding carboxylic acids is 3. The summed E-state index contributed by atoms with van der Waals surface area (Å²) in [6.45, 7) is 1.28. The normalized spacial score (nSPS) is 10.8. The zero-order chi connectivity index (χ0) is 28.1. The summed E-state index contributed by atoms with van der Waals surface area (Å²) in [6, 6.07) is 21.2. The number of aromatic nitrogens is 2. The molecular weight excluding hydrogens is 550 g/mol. The summed E-state index contributed by atoms with van der Waals surface area (Å²) in [5.41, 5.74) is 3.28. The number of para-hydroxylation sites is 1. The van der Waals surface area contributed by atoms with E-state index in [0.717, 1.165) is 11.3 Å². The number of carbonyl (C=O) groups is 3. The molecule has 10 heteroatoms. The Morgan fingerprint density at radius 2 is 1.68 bits per heavy atom. The third-order valence-electron chi connectivity index (χ3n) is 5.89. The van der Waals surface area contributed by atoms with Gasteiger partial charge in [-0.05, 0) is 37.3 Å². The monoisotopic (exact) mass is 571 g/mol. The van der Waals surface area contributed by atoms with E-state index in [-0.39, 0.29) is 22.7 Å². The van der Waals surface area contributed by atoms with Crippen molar-refractivity contribution in [2.24, 2.45) is 0 Å². The van der Waals surface area contributed by atoms with Crippen molar-refractivity contribution >= 4 is 56.7 Å². The number of amides is 1. The van der Waals surface area contributed by atoms with Crippen molar-refractivity contribution in [2.45, 2.75) is 6.92 Å². The van der Waals surface area contributed by atoms with Crippen LogP contribution in [0.25, 0.3) is 33.4 Å². The van der Waals surface area contributed by atoms with Crippen LogP contribution in [0.5, 0.6) is 0 Å². The first kappa shape index (κ1) is 27.0. The van der Waals surface area contributed by atoms with Crippen molar-refractivity contribution in [2.75, 3.05) is 18.5 Å². The number of pyridine rings is 2. The second-order valence-electron chi connectivity index (χ2n) is 8.47. The van der Waals surface area contributed by atoms with E-state index in [4.69, 9.17) is 21.1 Å². The first-order valence-electron chi connectivity index (χ1n) is 12.3. The summed E-state index contributed by atoms with van der Waals surface area (Å²) >= 11 is 7.51. The number of halogens is 1. The highest BCUT2D eigenvalue weighted by Gasteiger charge is 2.24. The number of ether oxygens (including phenoxy) is 2. The average molecular weight is 572 g/mol. The molecule has 0 aliphatic carbocycles. The lowest BCUT2D eigenvalue weighted by Crippen LogP contribution is -2.22. The van der Waals surface area contributed by atoms with Gasteiger partial charge in [0.15, 0.2) is 6.61 Å². The molecule has 0 saturated heterocycles. The Kier molecular flexibility index (Phi) is 8.14. The number of nitrogens with zero attached hydrogens (tertiary/aromatic N) is 2. The Balaban J connectivity index is 1.37. The van der Waals surface area contributed by atoms with Gasteiger partial charge >= 0.3 is 11.9 Å². The molecule has 0 aliphatic heterocycles. The number of benzene rings is 2. The van der Waals surface area contributed by atoms with Gasteiger partial charge in [-0.25, -0.2) is 14.6 Å². The Morgan fingerprint density at radius 1 is 0.900 bits per heavy atom. The van der Waals surface area contributed by atoms with Crippen LogP contribution >= 0.6 is 22.9 Å². The quantitative estimate of drug-likeness (QED) is 0.208. The Labute approximate surface area is 238 Å². The van der Waals surface area contributed by atoms with Gasteiger partial charge in [-0.15, -0.1) is 11.3 Å². The first-order valence-corrected chi connectivity index (χ1v) is 13.5. The van der Waals surface area contributed by atoms with E-state index in [1.54, 1.807) is 79.2 Å². The third kappa shape index (κ3) is 5.70. The SMILES string of the molecule is CCOC(=O)c1c(-c2ccccc2Cl)csc1NC(=O)COC(=O)c1cc(-c2ccccn2)nc2ccccc12. The molecule has 0 radical (unpaired) electrons. The van der Waals surface area contributed by atoms with E-state index in [9.17, 15) is 14.4 Å². The minimum Gasteiger partial charge on any atom is -0.462 e. The van der Waals surface area contributed by atoms with Crippen molar-refractivity contribution in [1.82, 2.24) is 9.97 Å². The highest BCUT2D eigenvalue weighted by molar-refractivity contribution is 7.15. The maximum Gasteiger partial charge on any atom is 0.341 e. The van der Waals surface area contributed by atoms with E-state index >= 15 is 0 Å². The topological polar surface area (TPSA) is 107 Å². The van der Waals surface area contributed by atoms with Gasteiger partial charge in [-0.3, -0.25) is 9.78 Å². The number of thiophene rings is 1. The molecule has 1 amide bonds. The minimum absolute atomic E-state index is 0.155. The van der Waals surface area contributed by atoms with E-state index in [1.165, 1.54) is 0 Å². The zero-order valence-electron chi connectivity index (χ0n) is 21.2. The largest absolute Gasteiger partial charge is 0.462 e. The van der Waals surface area contributed by atoms with Gasteiger partial charge in [-0.1, -0.05) is 54.1 Å². The summed E-state index contributed by atoms with van der Waals surface area (Å²) in [5.74, 6) is -1.91. The molecule has 0 bridgehead atoms. The number of nitrogens with one attached hydrogen (secondary N) is 1. The fourth-order valence-electron chi connectivity index (χ4n) is 4.10. The molecule has 5 rings (SSSR count). The van der Waals surface area contributed by atoms with Gasteiger partial charge in [0.2, 0.25) is 0 Å². The van der Waals surface area contributed by atoms with Crippen LogP contribution in [0.2, 0.25) is 5.02 Å². The lowest BCUT2D eigenvalue weighted by Gasteiger charge is -2.11. The van der Waals surface area contributed by atoms with E-state index in [1.807, 2.05) is 12.1 Å². The molecular formula is C30H22ClN3O5S. The van der Waals surface area contributed by atoms with Crippen LogP contribution < -0.4 is 5.32 Å². The van der Waals surface area contributed by atoms with Crippen LogP contribution in [0.4, 0.5) is 5.00 Å². The minimum atomic E-state index is -0.695. The van der Waals surface area contributed by atoms with Gasteiger partial charge in [0.1, 0.15) is 10.6 Å². The van der Waals surface area contributed by atoms with Crippen LogP contribution in [0.1, 0.15) is 27.6 Å². The number of hydrogen-bond donors (Lipinski definition) is 1. The van der Waals surface area contributed by atoms with Crippen LogP contribution in [0, 0.1) is 0 Å². The maximum atomic E-state index is 13.1. The molecule has 1 N–H and O–H groups in total. The molecule has 0 saturated carbocycles. The fraction of sp³-hybridized carbons (Fsp3) is 0.100. The lowest BCUT2D eigenvalue weighted by molar-refractivity contribution is -0.119. The zero-order valence-corrected chi connectivity index (χ0v) is 22.8. The smallest absolute Gasteiger partial charge is 0.341 e. The number of anilines is 1. The number of fused-ring (bicyclic) bond motifs is 1. The van der Waals surface area contributed by atoms with Crippen molar-refractivity contribution in [1.29, 1.82) is 0 Å².